The molecule has 21 heavy (non-hydrogen) atoms. The van der Waals surface area contributed by atoms with E-state index in [0.717, 1.165) is 37.2 Å². The minimum Gasteiger partial charge on any atom is -0.388 e. The van der Waals surface area contributed by atoms with Gasteiger partial charge in [-0.3, -0.25) is 0 Å². The Hall–Kier alpha value is -1.62. The fourth-order valence-corrected chi connectivity index (χ4v) is 3.37. The first-order chi connectivity index (χ1) is 9.85. The van der Waals surface area contributed by atoms with Crippen molar-refractivity contribution in [3.05, 3.63) is 34.7 Å². The van der Waals surface area contributed by atoms with Gasteiger partial charge in [-0.25, -0.2) is 0 Å². The fraction of sp³-hybridized carbons (Fsp3) is 0.625. The summed E-state index contributed by atoms with van der Waals surface area (Å²) in [5.41, 5.74) is 3.68. The average molecular weight is 289 g/mol. The molecule has 0 saturated heterocycles. The van der Waals surface area contributed by atoms with Crippen LogP contribution in [0.3, 0.4) is 0 Å². The Morgan fingerprint density at radius 2 is 2.19 bits per heavy atom. The van der Waals surface area contributed by atoms with Crippen molar-refractivity contribution in [2.75, 3.05) is 0 Å². The van der Waals surface area contributed by atoms with Crippen molar-refractivity contribution in [2.24, 2.45) is 5.41 Å². The first-order valence-electron chi connectivity index (χ1n) is 7.52. The molecule has 3 rings (SSSR count). The van der Waals surface area contributed by atoms with Crippen molar-refractivity contribution in [1.29, 1.82) is 0 Å². The lowest BCUT2D eigenvalue weighted by Gasteiger charge is -2.34. The quantitative estimate of drug-likeness (QED) is 0.943. The lowest BCUT2D eigenvalue weighted by atomic mass is 9.75. The van der Waals surface area contributed by atoms with Crippen LogP contribution in [-0.2, 0) is 19.4 Å². The molecular weight excluding hydrogens is 266 g/mol. The Bertz CT molecular complexity index is 655. The van der Waals surface area contributed by atoms with E-state index < -0.39 is 0 Å². The average Bonchev–Trinajstić information content (AvgIpc) is 2.90. The number of fused-ring (bicyclic) bond motifs is 1. The largest absolute Gasteiger partial charge is 0.388 e. The van der Waals surface area contributed by atoms with Gasteiger partial charge < -0.3 is 14.2 Å². The summed E-state index contributed by atoms with van der Waals surface area (Å²) in [6.07, 6.45) is 2.22. The molecule has 1 aliphatic carbocycles. The van der Waals surface area contributed by atoms with Gasteiger partial charge in [-0.15, -0.1) is 0 Å². The first-order valence-corrected chi connectivity index (χ1v) is 7.52. The predicted octanol–water partition coefficient (Wildman–Crippen LogP) is 2.74. The van der Waals surface area contributed by atoms with E-state index in [-0.39, 0.29) is 11.5 Å². The summed E-state index contributed by atoms with van der Waals surface area (Å²) in [6.45, 7) is 9.16. The van der Waals surface area contributed by atoms with Crippen molar-refractivity contribution in [3.63, 3.8) is 0 Å². The van der Waals surface area contributed by atoms with E-state index in [9.17, 15) is 5.11 Å². The molecule has 5 heteroatoms. The highest BCUT2D eigenvalue weighted by Gasteiger charge is 2.33. The Morgan fingerprint density at radius 1 is 1.43 bits per heavy atom. The minimum absolute atomic E-state index is 0.137. The van der Waals surface area contributed by atoms with Crippen LogP contribution in [0, 0.1) is 19.3 Å². The van der Waals surface area contributed by atoms with Crippen LogP contribution in [0.1, 0.15) is 55.0 Å². The van der Waals surface area contributed by atoms with Gasteiger partial charge in [0.2, 0.25) is 5.89 Å². The molecule has 2 aromatic heterocycles. The molecule has 5 nitrogen and oxygen atoms in total. The summed E-state index contributed by atoms with van der Waals surface area (Å²) in [5, 5.41) is 14.3. The highest BCUT2D eigenvalue weighted by atomic mass is 16.5. The van der Waals surface area contributed by atoms with Crippen LogP contribution in [0.25, 0.3) is 0 Å². The molecule has 1 unspecified atom stereocenters. The van der Waals surface area contributed by atoms with E-state index >= 15 is 0 Å². The highest BCUT2D eigenvalue weighted by Crippen LogP contribution is 2.41. The summed E-state index contributed by atoms with van der Waals surface area (Å²) >= 11 is 0. The zero-order chi connectivity index (χ0) is 15.2. The van der Waals surface area contributed by atoms with Gasteiger partial charge in [0.25, 0.3) is 0 Å². The fourth-order valence-electron chi connectivity index (χ4n) is 3.37. The van der Waals surface area contributed by atoms with Crippen molar-refractivity contribution < 1.29 is 9.63 Å². The van der Waals surface area contributed by atoms with Crippen LogP contribution >= 0.6 is 0 Å². The monoisotopic (exact) mass is 289 g/mol. The molecule has 0 radical (unpaired) electrons. The van der Waals surface area contributed by atoms with Crippen molar-refractivity contribution in [1.82, 2.24) is 14.7 Å². The van der Waals surface area contributed by atoms with Gasteiger partial charge in [0.15, 0.2) is 5.82 Å². The predicted molar refractivity (Wildman–Crippen MR) is 79.0 cm³/mol. The number of aliphatic hydroxyl groups is 1. The maximum absolute atomic E-state index is 10.4. The Kier molecular flexibility index (Phi) is 3.40. The number of aliphatic hydroxyl groups excluding tert-OH is 1. The summed E-state index contributed by atoms with van der Waals surface area (Å²) in [6, 6.07) is 2.12. The number of aryl methyl sites for hydroxylation is 3. The van der Waals surface area contributed by atoms with Gasteiger partial charge >= 0.3 is 0 Å². The SMILES string of the molecule is Cc1nc(CCn2c(C)cc3c2CC(C)(C)CC3O)no1. The second-order valence-electron chi connectivity index (χ2n) is 6.88. The lowest BCUT2D eigenvalue weighted by Crippen LogP contribution is -2.27. The summed E-state index contributed by atoms with van der Waals surface area (Å²) < 4.78 is 7.31. The van der Waals surface area contributed by atoms with E-state index in [0.29, 0.717) is 5.89 Å². The molecule has 0 aliphatic heterocycles. The Morgan fingerprint density at radius 3 is 2.86 bits per heavy atom. The first kappa shape index (κ1) is 14.3. The van der Waals surface area contributed by atoms with Gasteiger partial charge in [-0.05, 0) is 31.2 Å². The van der Waals surface area contributed by atoms with E-state index in [1.54, 1.807) is 6.92 Å². The summed E-state index contributed by atoms with van der Waals surface area (Å²) in [5.74, 6) is 1.35. The maximum atomic E-state index is 10.4. The third-order valence-electron chi connectivity index (χ3n) is 4.33. The molecule has 0 fully saturated rings. The third kappa shape index (κ3) is 2.75. The molecule has 1 N–H and O–H groups in total. The molecule has 0 bridgehead atoms. The minimum atomic E-state index is -0.351. The van der Waals surface area contributed by atoms with E-state index in [1.807, 2.05) is 0 Å². The van der Waals surface area contributed by atoms with Crippen LogP contribution in [0.5, 0.6) is 0 Å². The van der Waals surface area contributed by atoms with Crippen molar-refractivity contribution in [3.8, 4) is 0 Å². The van der Waals surface area contributed by atoms with Gasteiger partial charge in [0, 0.05) is 36.8 Å². The van der Waals surface area contributed by atoms with Gasteiger partial charge in [-0.1, -0.05) is 19.0 Å². The molecule has 0 aromatic carbocycles. The van der Waals surface area contributed by atoms with Crippen molar-refractivity contribution >= 4 is 0 Å². The number of hydrogen-bond donors (Lipinski definition) is 1. The second-order valence-corrected chi connectivity index (χ2v) is 6.88. The van der Waals surface area contributed by atoms with Gasteiger partial charge in [-0.2, -0.15) is 4.98 Å². The summed E-state index contributed by atoms with van der Waals surface area (Å²) in [4.78, 5) is 4.25. The molecular formula is C16H23N3O2. The standard InChI is InChI=1S/C16H23N3O2/c1-10-7-12-13(8-16(3,4)9-14(12)20)19(10)6-5-15-17-11(2)21-18-15/h7,14,20H,5-6,8-9H2,1-4H3. The number of rotatable bonds is 3. The van der Waals surface area contributed by atoms with Crippen LogP contribution in [0.4, 0.5) is 0 Å². The zero-order valence-electron chi connectivity index (χ0n) is 13.2. The second kappa shape index (κ2) is 4.98. The Labute approximate surface area is 125 Å². The molecule has 2 aromatic rings. The van der Waals surface area contributed by atoms with Gasteiger partial charge in [0.1, 0.15) is 0 Å². The smallest absolute Gasteiger partial charge is 0.223 e. The normalized spacial score (nSPS) is 20.5. The molecule has 114 valence electrons. The summed E-state index contributed by atoms with van der Waals surface area (Å²) in [7, 11) is 0. The number of nitrogens with zero attached hydrogens (tertiary/aromatic N) is 3. The van der Waals surface area contributed by atoms with E-state index in [2.05, 4.69) is 41.5 Å². The number of hydrogen-bond acceptors (Lipinski definition) is 4. The highest BCUT2D eigenvalue weighted by molar-refractivity contribution is 5.33. The van der Waals surface area contributed by atoms with E-state index in [4.69, 9.17) is 4.52 Å². The topological polar surface area (TPSA) is 64.1 Å². The van der Waals surface area contributed by atoms with E-state index in [1.165, 1.54) is 11.4 Å². The van der Waals surface area contributed by atoms with Crippen LogP contribution in [0.15, 0.2) is 10.6 Å². The van der Waals surface area contributed by atoms with Crippen LogP contribution < -0.4 is 0 Å². The molecule has 2 heterocycles. The maximum Gasteiger partial charge on any atom is 0.223 e. The van der Waals surface area contributed by atoms with Gasteiger partial charge in [0.05, 0.1) is 6.10 Å². The molecule has 1 atom stereocenters. The molecule has 0 saturated carbocycles. The number of aromatic nitrogens is 3. The molecule has 0 spiro atoms. The van der Waals surface area contributed by atoms with Crippen molar-refractivity contribution in [2.45, 2.75) is 59.6 Å². The lowest BCUT2D eigenvalue weighted by molar-refractivity contribution is 0.0979. The van der Waals surface area contributed by atoms with Crippen LogP contribution in [-0.4, -0.2) is 19.8 Å². The Balaban J connectivity index is 1.86. The van der Waals surface area contributed by atoms with Crippen LogP contribution in [0.2, 0.25) is 0 Å². The molecule has 0 amide bonds. The third-order valence-corrected chi connectivity index (χ3v) is 4.33. The zero-order valence-corrected chi connectivity index (χ0v) is 13.2. The molecule has 1 aliphatic rings.